The van der Waals surface area contributed by atoms with Gasteiger partial charge in [0.2, 0.25) is 5.91 Å². The Morgan fingerprint density at radius 1 is 1.58 bits per heavy atom. The molecule has 3 amide bonds. The van der Waals surface area contributed by atoms with Crippen LogP contribution in [0.5, 0.6) is 0 Å². The minimum absolute atomic E-state index is 0.0619. The number of hydrogen-bond acceptors (Lipinski definition) is 2. The fourth-order valence-corrected chi connectivity index (χ4v) is 0.991. The Balaban J connectivity index is 2.31. The van der Waals surface area contributed by atoms with Crippen molar-refractivity contribution >= 4 is 11.9 Å². The van der Waals surface area contributed by atoms with E-state index in [1.807, 2.05) is 6.92 Å². The standard InChI is InChI=1S/C7H13N3O2/c1-4-3-5(4)6(11)9-10(2)7(8)12/h4-5H,3H2,1-2H3,(H2,8,12)(H,9,11)/t4-,5-/m0/s1. The second kappa shape index (κ2) is 3.00. The van der Waals surface area contributed by atoms with Crippen LogP contribution in [0.1, 0.15) is 13.3 Å². The van der Waals surface area contributed by atoms with Gasteiger partial charge in [-0.05, 0) is 12.3 Å². The van der Waals surface area contributed by atoms with E-state index in [9.17, 15) is 9.59 Å². The summed E-state index contributed by atoms with van der Waals surface area (Å²) >= 11 is 0. The second-order valence-corrected chi connectivity index (χ2v) is 3.19. The number of primary amides is 1. The lowest BCUT2D eigenvalue weighted by Crippen LogP contribution is -2.46. The number of nitrogens with zero attached hydrogens (tertiary/aromatic N) is 1. The molecule has 68 valence electrons. The van der Waals surface area contributed by atoms with Crippen LogP contribution >= 0.6 is 0 Å². The van der Waals surface area contributed by atoms with Crippen molar-refractivity contribution in [2.75, 3.05) is 7.05 Å². The molecule has 1 aliphatic rings. The zero-order valence-corrected chi connectivity index (χ0v) is 7.20. The molecule has 0 bridgehead atoms. The topological polar surface area (TPSA) is 75.4 Å². The quantitative estimate of drug-likeness (QED) is 0.531. The Labute approximate surface area is 70.9 Å². The fraction of sp³-hybridized carbons (Fsp3) is 0.714. The highest BCUT2D eigenvalue weighted by Gasteiger charge is 2.39. The lowest BCUT2D eigenvalue weighted by molar-refractivity contribution is -0.125. The van der Waals surface area contributed by atoms with Crippen LogP contribution in [0.3, 0.4) is 0 Å². The number of hydrogen-bond donors (Lipinski definition) is 2. The molecule has 0 aromatic heterocycles. The van der Waals surface area contributed by atoms with E-state index in [4.69, 9.17) is 5.73 Å². The average molecular weight is 171 g/mol. The van der Waals surface area contributed by atoms with Gasteiger partial charge in [0.1, 0.15) is 0 Å². The third-order valence-electron chi connectivity index (χ3n) is 2.05. The van der Waals surface area contributed by atoms with Gasteiger partial charge in [-0.1, -0.05) is 6.92 Å². The molecular formula is C7H13N3O2. The van der Waals surface area contributed by atoms with Crippen LogP contribution in [-0.4, -0.2) is 24.0 Å². The van der Waals surface area contributed by atoms with Crippen LogP contribution in [-0.2, 0) is 4.79 Å². The van der Waals surface area contributed by atoms with Crippen molar-refractivity contribution in [2.45, 2.75) is 13.3 Å². The summed E-state index contributed by atoms with van der Waals surface area (Å²) in [5.74, 6) is 0.377. The van der Waals surface area contributed by atoms with Gasteiger partial charge in [0.05, 0.1) is 0 Å². The zero-order valence-electron chi connectivity index (χ0n) is 7.20. The van der Waals surface area contributed by atoms with E-state index in [1.54, 1.807) is 0 Å². The van der Waals surface area contributed by atoms with Gasteiger partial charge in [0, 0.05) is 13.0 Å². The number of amides is 3. The Kier molecular flexibility index (Phi) is 2.21. The predicted octanol–water partition coefficient (Wildman–Crippen LogP) is -0.316. The Morgan fingerprint density at radius 3 is 2.42 bits per heavy atom. The van der Waals surface area contributed by atoms with Crippen molar-refractivity contribution in [3.05, 3.63) is 0 Å². The van der Waals surface area contributed by atoms with E-state index in [2.05, 4.69) is 5.43 Å². The minimum atomic E-state index is -0.656. The van der Waals surface area contributed by atoms with Crippen LogP contribution in [0.2, 0.25) is 0 Å². The first-order chi connectivity index (χ1) is 5.52. The van der Waals surface area contributed by atoms with Crippen LogP contribution in [0, 0.1) is 11.8 Å². The molecule has 0 unspecified atom stereocenters. The molecule has 1 rings (SSSR count). The van der Waals surface area contributed by atoms with Crippen molar-refractivity contribution in [2.24, 2.45) is 17.6 Å². The molecule has 1 saturated carbocycles. The molecule has 12 heavy (non-hydrogen) atoms. The van der Waals surface area contributed by atoms with Crippen LogP contribution in [0.15, 0.2) is 0 Å². The highest BCUT2D eigenvalue weighted by molar-refractivity contribution is 5.83. The van der Waals surface area contributed by atoms with Crippen molar-refractivity contribution in [1.82, 2.24) is 10.4 Å². The summed E-state index contributed by atoms with van der Waals surface area (Å²) in [4.78, 5) is 21.7. The zero-order chi connectivity index (χ0) is 9.30. The van der Waals surface area contributed by atoms with E-state index in [-0.39, 0.29) is 11.8 Å². The first kappa shape index (κ1) is 8.83. The molecule has 0 saturated heterocycles. The van der Waals surface area contributed by atoms with Crippen LogP contribution < -0.4 is 11.2 Å². The van der Waals surface area contributed by atoms with Crippen LogP contribution in [0.4, 0.5) is 4.79 Å². The van der Waals surface area contributed by atoms with Crippen molar-refractivity contribution in [3.63, 3.8) is 0 Å². The number of carbonyl (C=O) groups is 2. The lowest BCUT2D eigenvalue weighted by Gasteiger charge is -2.14. The Hall–Kier alpha value is -1.26. The summed E-state index contributed by atoms with van der Waals surface area (Å²) in [6, 6.07) is -0.656. The van der Waals surface area contributed by atoms with E-state index in [1.165, 1.54) is 7.05 Å². The van der Waals surface area contributed by atoms with Gasteiger partial charge in [-0.3, -0.25) is 10.2 Å². The Morgan fingerprint density at radius 2 is 2.08 bits per heavy atom. The summed E-state index contributed by atoms with van der Waals surface area (Å²) in [5, 5.41) is 0.993. The summed E-state index contributed by atoms with van der Waals surface area (Å²) in [5.41, 5.74) is 7.30. The molecule has 0 aliphatic heterocycles. The smallest absolute Gasteiger partial charge is 0.333 e. The summed E-state index contributed by atoms with van der Waals surface area (Å²) in [6.45, 7) is 1.99. The van der Waals surface area contributed by atoms with Gasteiger partial charge in [-0.2, -0.15) is 0 Å². The number of urea groups is 1. The van der Waals surface area contributed by atoms with E-state index < -0.39 is 6.03 Å². The number of carbonyl (C=O) groups excluding carboxylic acids is 2. The predicted molar refractivity (Wildman–Crippen MR) is 42.8 cm³/mol. The summed E-state index contributed by atoms with van der Waals surface area (Å²) < 4.78 is 0. The number of hydrazine groups is 1. The number of rotatable bonds is 1. The fourth-order valence-electron chi connectivity index (χ4n) is 0.991. The van der Waals surface area contributed by atoms with E-state index in [0.29, 0.717) is 5.92 Å². The van der Waals surface area contributed by atoms with Gasteiger partial charge in [-0.25, -0.2) is 9.80 Å². The van der Waals surface area contributed by atoms with E-state index >= 15 is 0 Å². The van der Waals surface area contributed by atoms with Crippen molar-refractivity contribution in [1.29, 1.82) is 0 Å². The maximum Gasteiger partial charge on any atom is 0.333 e. The average Bonchev–Trinajstić information content (AvgIpc) is 2.66. The largest absolute Gasteiger partial charge is 0.350 e. The van der Waals surface area contributed by atoms with Gasteiger partial charge >= 0.3 is 6.03 Å². The molecule has 2 atom stereocenters. The van der Waals surface area contributed by atoms with Gasteiger partial charge < -0.3 is 5.73 Å². The molecule has 0 aromatic rings. The summed E-state index contributed by atoms with van der Waals surface area (Å²) in [7, 11) is 1.42. The molecule has 0 heterocycles. The molecule has 1 aliphatic carbocycles. The maximum atomic E-state index is 11.2. The van der Waals surface area contributed by atoms with E-state index in [0.717, 1.165) is 11.4 Å². The molecular weight excluding hydrogens is 158 g/mol. The Bertz CT molecular complexity index is 217. The first-order valence-corrected chi connectivity index (χ1v) is 3.86. The van der Waals surface area contributed by atoms with Crippen molar-refractivity contribution < 1.29 is 9.59 Å². The molecule has 5 heteroatoms. The SMILES string of the molecule is C[C@H]1C[C@@H]1C(=O)NN(C)C(N)=O. The number of nitrogens with two attached hydrogens (primary N) is 1. The minimum Gasteiger partial charge on any atom is -0.350 e. The monoisotopic (exact) mass is 171 g/mol. The third kappa shape index (κ3) is 1.87. The lowest BCUT2D eigenvalue weighted by atomic mass is 10.3. The highest BCUT2D eigenvalue weighted by atomic mass is 16.2. The third-order valence-corrected chi connectivity index (χ3v) is 2.05. The van der Waals surface area contributed by atoms with Gasteiger partial charge in [0.15, 0.2) is 0 Å². The number of nitrogens with one attached hydrogen (secondary N) is 1. The molecule has 0 spiro atoms. The van der Waals surface area contributed by atoms with Crippen LogP contribution in [0.25, 0.3) is 0 Å². The summed E-state index contributed by atoms with van der Waals surface area (Å²) in [6.07, 6.45) is 0.901. The molecule has 5 nitrogen and oxygen atoms in total. The van der Waals surface area contributed by atoms with Gasteiger partial charge in [0.25, 0.3) is 0 Å². The molecule has 0 radical (unpaired) electrons. The first-order valence-electron chi connectivity index (χ1n) is 3.86. The normalized spacial score (nSPS) is 26.2. The van der Waals surface area contributed by atoms with Crippen molar-refractivity contribution in [3.8, 4) is 0 Å². The highest BCUT2D eigenvalue weighted by Crippen LogP contribution is 2.37. The van der Waals surface area contributed by atoms with Gasteiger partial charge in [-0.15, -0.1) is 0 Å². The molecule has 0 aromatic carbocycles. The second-order valence-electron chi connectivity index (χ2n) is 3.19. The maximum absolute atomic E-state index is 11.2. The molecule has 3 N–H and O–H groups in total. The molecule has 1 fully saturated rings.